The molecule has 116 valence electrons. The molecule has 0 aromatic carbocycles. The number of hydrogen-bond donors (Lipinski definition) is 4. The number of aliphatic hydroxyl groups is 1. The number of nitrogens with one attached hydrogen (secondary N) is 1. The Hall–Kier alpha value is -1.58. The SMILES string of the molecule is CC.NC1=NONC1/C(=N/O)N1CCN(CCO)CC1. The van der Waals surface area contributed by atoms with Gasteiger partial charge in [0.05, 0.1) is 6.61 Å². The van der Waals surface area contributed by atoms with E-state index in [2.05, 4.69) is 25.6 Å². The molecule has 0 aliphatic carbocycles. The molecule has 2 rings (SSSR count). The molecular formula is C11H24N6O3. The largest absolute Gasteiger partial charge is 0.409 e. The summed E-state index contributed by atoms with van der Waals surface area (Å²) in [6.45, 7) is 7.80. The van der Waals surface area contributed by atoms with E-state index in [1.54, 1.807) is 0 Å². The third kappa shape index (κ3) is 3.95. The number of oxime groups is 2. The smallest absolute Gasteiger partial charge is 0.172 e. The summed E-state index contributed by atoms with van der Waals surface area (Å²) < 4.78 is 0. The highest BCUT2D eigenvalue weighted by molar-refractivity contribution is 6.08. The molecule has 9 nitrogen and oxygen atoms in total. The van der Waals surface area contributed by atoms with Gasteiger partial charge >= 0.3 is 0 Å². The lowest BCUT2D eigenvalue weighted by Crippen LogP contribution is -2.56. The van der Waals surface area contributed by atoms with Gasteiger partial charge in [-0.2, -0.15) is 0 Å². The van der Waals surface area contributed by atoms with Crippen LogP contribution in [0.5, 0.6) is 0 Å². The van der Waals surface area contributed by atoms with Crippen molar-refractivity contribution in [2.45, 2.75) is 19.9 Å². The summed E-state index contributed by atoms with van der Waals surface area (Å²) in [4.78, 5) is 8.71. The third-order valence-electron chi connectivity index (χ3n) is 3.09. The Bertz CT molecular complexity index is 341. The molecule has 1 saturated heterocycles. The Kier molecular flexibility index (Phi) is 7.05. The van der Waals surface area contributed by atoms with Gasteiger partial charge in [0.15, 0.2) is 17.7 Å². The van der Waals surface area contributed by atoms with Gasteiger partial charge < -0.3 is 20.9 Å². The molecule has 1 unspecified atom stereocenters. The van der Waals surface area contributed by atoms with Gasteiger partial charge in [-0.05, 0) is 5.16 Å². The fourth-order valence-electron chi connectivity index (χ4n) is 2.08. The summed E-state index contributed by atoms with van der Waals surface area (Å²) in [6, 6.07) is -0.514. The molecule has 2 aliphatic heterocycles. The van der Waals surface area contributed by atoms with Crippen LogP contribution in [0.3, 0.4) is 0 Å². The Morgan fingerprint density at radius 3 is 2.55 bits per heavy atom. The molecule has 0 radical (unpaired) electrons. The number of nitrogens with zero attached hydrogens (tertiary/aromatic N) is 4. The number of hydroxylamine groups is 1. The minimum absolute atomic E-state index is 0.151. The Morgan fingerprint density at radius 1 is 1.45 bits per heavy atom. The molecule has 0 bridgehead atoms. The fourth-order valence-corrected chi connectivity index (χ4v) is 2.08. The summed E-state index contributed by atoms with van der Waals surface area (Å²) in [6.07, 6.45) is 0. The van der Waals surface area contributed by atoms with Gasteiger partial charge in [-0.3, -0.25) is 9.84 Å². The van der Waals surface area contributed by atoms with Gasteiger partial charge in [0, 0.05) is 32.7 Å². The molecule has 1 fully saturated rings. The molecular weight excluding hydrogens is 264 g/mol. The van der Waals surface area contributed by atoms with E-state index in [9.17, 15) is 0 Å². The van der Waals surface area contributed by atoms with Crippen molar-refractivity contribution in [1.29, 1.82) is 0 Å². The molecule has 0 saturated carbocycles. The van der Waals surface area contributed by atoms with Crippen molar-refractivity contribution < 1.29 is 15.3 Å². The van der Waals surface area contributed by atoms with E-state index in [0.29, 0.717) is 25.5 Å². The summed E-state index contributed by atoms with van der Waals surface area (Å²) in [5.74, 6) is 0.637. The molecule has 2 heterocycles. The van der Waals surface area contributed by atoms with Crippen LogP contribution < -0.4 is 11.2 Å². The van der Waals surface area contributed by atoms with Crippen molar-refractivity contribution in [3.63, 3.8) is 0 Å². The van der Waals surface area contributed by atoms with E-state index in [4.69, 9.17) is 16.0 Å². The van der Waals surface area contributed by atoms with Crippen LogP contribution in [0.2, 0.25) is 0 Å². The van der Waals surface area contributed by atoms with Crippen LogP contribution in [0.15, 0.2) is 10.3 Å². The lowest BCUT2D eigenvalue weighted by atomic mass is 10.2. The van der Waals surface area contributed by atoms with Gasteiger partial charge in [0.1, 0.15) is 0 Å². The van der Waals surface area contributed by atoms with Gasteiger partial charge in [-0.25, -0.2) is 0 Å². The van der Waals surface area contributed by atoms with E-state index in [0.717, 1.165) is 13.1 Å². The lowest BCUT2D eigenvalue weighted by molar-refractivity contribution is 0.0657. The average Bonchev–Trinajstić information content (AvgIpc) is 2.90. The number of piperazine rings is 1. The number of hydrogen-bond acceptors (Lipinski definition) is 8. The van der Waals surface area contributed by atoms with Crippen LogP contribution in [0, 0.1) is 0 Å². The van der Waals surface area contributed by atoms with Crippen molar-refractivity contribution >= 4 is 11.7 Å². The third-order valence-corrected chi connectivity index (χ3v) is 3.09. The van der Waals surface area contributed by atoms with Gasteiger partial charge in [-0.15, -0.1) is 5.48 Å². The number of nitrogens with two attached hydrogens (primary N) is 1. The van der Waals surface area contributed by atoms with Crippen LogP contribution in [-0.2, 0) is 4.94 Å². The first kappa shape index (κ1) is 16.5. The number of rotatable bonds is 3. The maximum Gasteiger partial charge on any atom is 0.172 e. The second-order valence-electron chi connectivity index (χ2n) is 4.17. The maximum atomic E-state index is 9.11. The number of β-amino-alcohol motifs (C(OH)–C–C–N with tert-alkyl or cyclic N) is 1. The van der Waals surface area contributed by atoms with Gasteiger partial charge in [0.25, 0.3) is 0 Å². The molecule has 1 atom stereocenters. The zero-order valence-corrected chi connectivity index (χ0v) is 12.0. The summed E-state index contributed by atoms with van der Waals surface area (Å²) in [7, 11) is 0. The monoisotopic (exact) mass is 288 g/mol. The second kappa shape index (κ2) is 8.56. The molecule has 20 heavy (non-hydrogen) atoms. The molecule has 0 aromatic heterocycles. The molecule has 0 aromatic rings. The van der Waals surface area contributed by atoms with E-state index < -0.39 is 6.04 Å². The highest BCUT2D eigenvalue weighted by atomic mass is 16.8. The molecule has 0 spiro atoms. The summed E-state index contributed by atoms with van der Waals surface area (Å²) in [5, 5.41) is 24.8. The highest BCUT2D eigenvalue weighted by Gasteiger charge is 2.32. The number of aliphatic hydroxyl groups excluding tert-OH is 1. The van der Waals surface area contributed by atoms with E-state index in [-0.39, 0.29) is 12.4 Å². The Labute approximate surface area is 118 Å². The van der Waals surface area contributed by atoms with Crippen molar-refractivity contribution in [3.8, 4) is 0 Å². The summed E-state index contributed by atoms with van der Waals surface area (Å²) >= 11 is 0. The maximum absolute atomic E-state index is 9.11. The van der Waals surface area contributed by atoms with E-state index in [1.165, 1.54) is 0 Å². The Balaban J connectivity index is 0.000000956. The first-order chi connectivity index (χ1) is 9.76. The quantitative estimate of drug-likeness (QED) is 0.218. The fraction of sp³-hybridized carbons (Fsp3) is 0.818. The van der Waals surface area contributed by atoms with Crippen molar-refractivity contribution in [3.05, 3.63) is 0 Å². The van der Waals surface area contributed by atoms with E-state index in [1.807, 2.05) is 18.7 Å². The first-order valence-corrected chi connectivity index (χ1v) is 6.81. The first-order valence-electron chi connectivity index (χ1n) is 6.81. The second-order valence-corrected chi connectivity index (χ2v) is 4.17. The predicted octanol–water partition coefficient (Wildman–Crippen LogP) is -1.41. The highest BCUT2D eigenvalue weighted by Crippen LogP contribution is 2.07. The zero-order valence-electron chi connectivity index (χ0n) is 12.0. The average molecular weight is 288 g/mol. The number of amidine groups is 2. The van der Waals surface area contributed by atoms with E-state index >= 15 is 0 Å². The minimum atomic E-state index is -0.514. The van der Waals surface area contributed by atoms with Crippen LogP contribution in [0.25, 0.3) is 0 Å². The topological polar surface area (TPSA) is 119 Å². The minimum Gasteiger partial charge on any atom is -0.409 e. The van der Waals surface area contributed by atoms with Crippen molar-refractivity contribution in [2.24, 2.45) is 16.0 Å². The van der Waals surface area contributed by atoms with Crippen LogP contribution in [0.4, 0.5) is 0 Å². The van der Waals surface area contributed by atoms with Crippen LogP contribution >= 0.6 is 0 Å². The zero-order chi connectivity index (χ0) is 15.0. The predicted molar refractivity (Wildman–Crippen MR) is 75.3 cm³/mol. The molecule has 9 heteroatoms. The normalized spacial score (nSPS) is 23.8. The van der Waals surface area contributed by atoms with Gasteiger partial charge in [-0.1, -0.05) is 19.0 Å². The lowest BCUT2D eigenvalue weighted by Gasteiger charge is -2.36. The van der Waals surface area contributed by atoms with Crippen molar-refractivity contribution in [1.82, 2.24) is 15.3 Å². The molecule has 0 amide bonds. The van der Waals surface area contributed by atoms with Gasteiger partial charge in [0.2, 0.25) is 0 Å². The summed E-state index contributed by atoms with van der Waals surface area (Å²) in [5.41, 5.74) is 8.21. The molecule has 5 N–H and O–H groups in total. The Morgan fingerprint density at radius 2 is 2.10 bits per heavy atom. The van der Waals surface area contributed by atoms with Crippen LogP contribution in [0.1, 0.15) is 13.8 Å². The molecule has 2 aliphatic rings. The standard InChI is InChI=1S/C9H18N6O3.C2H6/c10-8-7(12-18-13-8)9(11-17)15-3-1-14(2-4-15)5-6-16;1-2/h7,12,16-17H,1-6H2,(H2,10,13);1-2H3/b11-9-;. The van der Waals surface area contributed by atoms with Crippen molar-refractivity contribution in [2.75, 3.05) is 39.3 Å². The van der Waals surface area contributed by atoms with Crippen LogP contribution in [-0.4, -0.2) is 77.2 Å².